The molecule has 1 aromatic rings. The standard InChI is InChI=1S/C17H20ClF3N2O3/c1-9-7-11(24)13(23(8-9)15(25)26-16(2,3)4)10-5-6-12(17(19,20)21)22-14(10)18/h5-6,9,13H,7-8H2,1-4H3/t9-,13+/m0/s1. The van der Waals surface area contributed by atoms with E-state index in [0.717, 1.165) is 12.1 Å². The van der Waals surface area contributed by atoms with Gasteiger partial charge in [0.15, 0.2) is 5.78 Å². The molecule has 2 atom stereocenters. The summed E-state index contributed by atoms with van der Waals surface area (Å²) in [6, 6.07) is 0.719. The van der Waals surface area contributed by atoms with Crippen LogP contribution in [0, 0.1) is 5.92 Å². The van der Waals surface area contributed by atoms with E-state index in [2.05, 4.69) is 4.98 Å². The molecule has 0 unspecified atom stereocenters. The molecule has 1 aromatic heterocycles. The minimum atomic E-state index is -4.65. The maximum atomic E-state index is 12.8. The molecular formula is C17H20ClF3N2O3. The number of hydrogen-bond donors (Lipinski definition) is 0. The van der Waals surface area contributed by atoms with Crippen molar-refractivity contribution in [3.63, 3.8) is 0 Å². The zero-order valence-corrected chi connectivity index (χ0v) is 15.6. The Balaban J connectivity index is 2.42. The van der Waals surface area contributed by atoms with Crippen LogP contribution >= 0.6 is 11.6 Å². The summed E-state index contributed by atoms with van der Waals surface area (Å²) in [7, 11) is 0. The third-order valence-electron chi connectivity index (χ3n) is 3.77. The number of carbonyl (C=O) groups is 2. The lowest BCUT2D eigenvalue weighted by Gasteiger charge is -2.38. The van der Waals surface area contributed by atoms with Crippen LogP contribution in [-0.4, -0.2) is 33.9 Å². The SMILES string of the molecule is C[C@H]1CC(=O)[C@@H](c2ccc(C(F)(F)F)nc2Cl)N(C(=O)OC(C)(C)C)C1. The number of carbonyl (C=O) groups excluding carboxylic acids is 2. The predicted molar refractivity (Wildman–Crippen MR) is 88.7 cm³/mol. The van der Waals surface area contributed by atoms with Gasteiger partial charge in [-0.25, -0.2) is 9.78 Å². The van der Waals surface area contributed by atoms with Crippen molar-refractivity contribution < 1.29 is 27.5 Å². The average Bonchev–Trinajstić information content (AvgIpc) is 2.44. The van der Waals surface area contributed by atoms with Crippen LogP contribution in [0.5, 0.6) is 0 Å². The van der Waals surface area contributed by atoms with Gasteiger partial charge in [-0.05, 0) is 32.8 Å². The van der Waals surface area contributed by atoms with E-state index >= 15 is 0 Å². The molecule has 0 aliphatic carbocycles. The van der Waals surface area contributed by atoms with Gasteiger partial charge in [0, 0.05) is 18.5 Å². The third-order valence-corrected chi connectivity index (χ3v) is 4.07. The number of Topliss-reactive ketones (excluding diaryl/α,β-unsaturated/α-hetero) is 1. The third kappa shape index (κ3) is 4.66. The maximum Gasteiger partial charge on any atom is 0.433 e. The molecule has 1 amide bonds. The van der Waals surface area contributed by atoms with Crippen LogP contribution in [0.1, 0.15) is 51.4 Å². The summed E-state index contributed by atoms with van der Waals surface area (Å²) in [6.45, 7) is 7.08. The number of piperidine rings is 1. The molecule has 1 aliphatic rings. The molecule has 9 heteroatoms. The number of ketones is 1. The quantitative estimate of drug-likeness (QED) is 0.653. The first-order valence-corrected chi connectivity index (χ1v) is 8.43. The highest BCUT2D eigenvalue weighted by molar-refractivity contribution is 6.30. The lowest BCUT2D eigenvalue weighted by atomic mass is 9.89. The van der Waals surface area contributed by atoms with E-state index in [1.54, 1.807) is 27.7 Å². The number of rotatable bonds is 1. The van der Waals surface area contributed by atoms with Crippen LogP contribution in [0.25, 0.3) is 0 Å². The minimum Gasteiger partial charge on any atom is -0.444 e. The molecule has 0 radical (unpaired) electrons. The summed E-state index contributed by atoms with van der Waals surface area (Å²) in [5, 5.41) is -0.457. The normalized spacial score (nSPS) is 21.7. The van der Waals surface area contributed by atoms with Gasteiger partial charge in [0.1, 0.15) is 22.5 Å². The van der Waals surface area contributed by atoms with Gasteiger partial charge >= 0.3 is 12.3 Å². The fourth-order valence-electron chi connectivity index (χ4n) is 2.78. The van der Waals surface area contributed by atoms with Crippen molar-refractivity contribution in [2.75, 3.05) is 6.54 Å². The van der Waals surface area contributed by atoms with Crippen molar-refractivity contribution in [2.45, 2.75) is 51.9 Å². The number of ether oxygens (including phenoxy) is 1. The fourth-order valence-corrected chi connectivity index (χ4v) is 3.04. The highest BCUT2D eigenvalue weighted by atomic mass is 35.5. The molecule has 0 aromatic carbocycles. The Bertz CT molecular complexity index is 716. The lowest BCUT2D eigenvalue weighted by molar-refractivity contribution is -0.141. The van der Waals surface area contributed by atoms with Crippen LogP contribution in [0.2, 0.25) is 5.15 Å². The Hall–Kier alpha value is -1.83. The largest absolute Gasteiger partial charge is 0.444 e. The predicted octanol–water partition coefficient (Wildman–Crippen LogP) is 4.64. The van der Waals surface area contributed by atoms with Gasteiger partial charge in [0.05, 0.1) is 0 Å². The second kappa shape index (κ2) is 7.06. The van der Waals surface area contributed by atoms with Crippen molar-refractivity contribution in [2.24, 2.45) is 5.92 Å². The smallest absolute Gasteiger partial charge is 0.433 e. The molecule has 2 heterocycles. The van der Waals surface area contributed by atoms with Crippen molar-refractivity contribution in [1.82, 2.24) is 9.88 Å². The monoisotopic (exact) mass is 392 g/mol. The number of pyridine rings is 1. The topological polar surface area (TPSA) is 59.5 Å². The van der Waals surface area contributed by atoms with Crippen LogP contribution in [0.3, 0.4) is 0 Å². The van der Waals surface area contributed by atoms with Crippen LogP contribution < -0.4 is 0 Å². The molecule has 0 spiro atoms. The van der Waals surface area contributed by atoms with Gasteiger partial charge in [-0.2, -0.15) is 13.2 Å². The van der Waals surface area contributed by atoms with Gasteiger partial charge in [0.25, 0.3) is 0 Å². The first-order chi connectivity index (χ1) is 11.8. The summed E-state index contributed by atoms with van der Waals surface area (Å²) in [5.74, 6) is -0.425. The van der Waals surface area contributed by atoms with Gasteiger partial charge in [-0.1, -0.05) is 24.6 Å². The molecule has 0 N–H and O–H groups in total. The summed E-state index contributed by atoms with van der Waals surface area (Å²) < 4.78 is 43.7. The highest BCUT2D eigenvalue weighted by Gasteiger charge is 2.41. The van der Waals surface area contributed by atoms with Crippen LogP contribution in [-0.2, 0) is 15.7 Å². The lowest BCUT2D eigenvalue weighted by Crippen LogP contribution is -2.48. The number of nitrogens with zero attached hydrogens (tertiary/aromatic N) is 2. The summed E-state index contributed by atoms with van der Waals surface area (Å²) in [4.78, 5) is 29.7. The van der Waals surface area contributed by atoms with Gasteiger partial charge in [-0.15, -0.1) is 0 Å². The zero-order valence-electron chi connectivity index (χ0n) is 14.9. The Morgan fingerprint density at radius 3 is 2.42 bits per heavy atom. The number of aromatic nitrogens is 1. The van der Waals surface area contributed by atoms with E-state index in [1.165, 1.54) is 4.90 Å². The first kappa shape index (κ1) is 20.5. The Kier molecular flexibility index (Phi) is 5.56. The molecule has 1 fully saturated rings. The first-order valence-electron chi connectivity index (χ1n) is 8.05. The molecule has 0 saturated carbocycles. The Morgan fingerprint density at radius 2 is 1.92 bits per heavy atom. The number of hydrogen-bond acceptors (Lipinski definition) is 4. The molecule has 144 valence electrons. The minimum absolute atomic E-state index is 0.0578. The van der Waals surface area contributed by atoms with Crippen molar-refractivity contribution >= 4 is 23.5 Å². The van der Waals surface area contributed by atoms with E-state index in [0.29, 0.717) is 0 Å². The zero-order chi connectivity index (χ0) is 19.9. The molecule has 1 saturated heterocycles. The second-order valence-corrected chi connectivity index (χ2v) is 7.74. The number of alkyl halides is 3. The van der Waals surface area contributed by atoms with Gasteiger partial charge in [-0.3, -0.25) is 9.69 Å². The number of amides is 1. The Morgan fingerprint density at radius 1 is 1.31 bits per heavy atom. The van der Waals surface area contributed by atoms with Crippen LogP contribution in [0.4, 0.5) is 18.0 Å². The molecule has 5 nitrogen and oxygen atoms in total. The van der Waals surface area contributed by atoms with Gasteiger partial charge in [0.2, 0.25) is 0 Å². The summed E-state index contributed by atoms with van der Waals surface area (Å²) >= 11 is 5.93. The van der Waals surface area contributed by atoms with E-state index in [-0.39, 0.29) is 30.2 Å². The van der Waals surface area contributed by atoms with E-state index in [4.69, 9.17) is 16.3 Å². The van der Waals surface area contributed by atoms with E-state index < -0.39 is 34.8 Å². The molecule has 0 bridgehead atoms. The van der Waals surface area contributed by atoms with E-state index in [9.17, 15) is 22.8 Å². The molecule has 1 aliphatic heterocycles. The van der Waals surface area contributed by atoms with Crippen molar-refractivity contribution in [3.8, 4) is 0 Å². The molecule has 2 rings (SSSR count). The second-order valence-electron chi connectivity index (χ2n) is 7.39. The number of likely N-dealkylation sites (tertiary alicyclic amines) is 1. The summed E-state index contributed by atoms with van der Waals surface area (Å²) in [6.07, 6.45) is -5.20. The number of halogens is 4. The van der Waals surface area contributed by atoms with Crippen molar-refractivity contribution in [1.29, 1.82) is 0 Å². The summed E-state index contributed by atoms with van der Waals surface area (Å²) in [5.41, 5.74) is -1.89. The average molecular weight is 393 g/mol. The van der Waals surface area contributed by atoms with Crippen molar-refractivity contribution in [3.05, 3.63) is 28.5 Å². The molecular weight excluding hydrogens is 373 g/mol. The fraction of sp³-hybridized carbons (Fsp3) is 0.588. The van der Waals surface area contributed by atoms with Crippen LogP contribution in [0.15, 0.2) is 12.1 Å². The Labute approximate surface area is 154 Å². The van der Waals surface area contributed by atoms with Gasteiger partial charge < -0.3 is 4.74 Å². The highest BCUT2D eigenvalue weighted by Crippen LogP contribution is 2.37. The molecule has 26 heavy (non-hydrogen) atoms. The maximum absolute atomic E-state index is 12.8. The van der Waals surface area contributed by atoms with E-state index in [1.807, 2.05) is 0 Å².